The summed E-state index contributed by atoms with van der Waals surface area (Å²) in [5.41, 5.74) is 1.16. The van der Waals surface area contributed by atoms with E-state index in [0.717, 1.165) is 32.1 Å². The van der Waals surface area contributed by atoms with Crippen molar-refractivity contribution in [3.05, 3.63) is 23.8 Å². The van der Waals surface area contributed by atoms with Crippen LogP contribution < -0.4 is 0 Å². The molecule has 0 unspecified atom stereocenters. The molecule has 44 heavy (non-hydrogen) atoms. The van der Waals surface area contributed by atoms with Crippen LogP contribution in [0.2, 0.25) is 26.2 Å². The van der Waals surface area contributed by atoms with Gasteiger partial charge in [0.05, 0.1) is 6.10 Å². The Morgan fingerprint density at radius 2 is 1.55 bits per heavy atom. The molecule has 0 aromatic heterocycles. The highest BCUT2D eigenvalue weighted by molar-refractivity contribution is 6.50. The van der Waals surface area contributed by atoms with Crippen LogP contribution >= 0.6 is 0 Å². The molecule has 0 heterocycles. The second kappa shape index (κ2) is 15.9. The lowest BCUT2D eigenvalue weighted by Gasteiger charge is -2.51. The second-order valence-corrected chi connectivity index (χ2v) is 21.8. The maximum absolute atomic E-state index is 14.6. The molecule has 256 valence electrons. The molecule has 0 saturated carbocycles. The fourth-order valence-electron chi connectivity index (χ4n) is 7.81. The number of allylic oxidation sites excluding steroid dienone is 3. The molecule has 2 aliphatic rings. The Balaban J connectivity index is 2.55. The van der Waals surface area contributed by atoms with Crippen molar-refractivity contribution in [3.63, 3.8) is 0 Å². The van der Waals surface area contributed by atoms with Crippen molar-refractivity contribution in [3.8, 4) is 0 Å². The molecule has 5 nitrogen and oxygen atoms in total. The summed E-state index contributed by atoms with van der Waals surface area (Å²) < 4.78 is 13.9. The zero-order chi connectivity index (χ0) is 33.8. The maximum atomic E-state index is 14.6. The van der Waals surface area contributed by atoms with Crippen LogP contribution in [0.3, 0.4) is 0 Å². The molecular weight excluding hydrogens is 579 g/mol. The zero-order valence-corrected chi connectivity index (χ0v) is 33.7. The number of rotatable bonds is 14. The molecule has 0 fully saturated rings. The summed E-state index contributed by atoms with van der Waals surface area (Å²) in [6.45, 7) is 32.2. The number of likely N-dealkylation sites (N-methyl/N-ethyl adjacent to an activating group) is 1. The molecule has 8 atom stereocenters. The molecule has 0 saturated heterocycles. The molecular formula is C37H71NO4Si2. The first-order valence-electron chi connectivity index (χ1n) is 17.9. The van der Waals surface area contributed by atoms with Gasteiger partial charge in [0.15, 0.2) is 18.1 Å². The monoisotopic (exact) mass is 649 g/mol. The molecule has 0 aliphatic heterocycles. The molecule has 0 aromatic rings. The van der Waals surface area contributed by atoms with Gasteiger partial charge < -0.3 is 18.9 Å². The predicted molar refractivity (Wildman–Crippen MR) is 193 cm³/mol. The first-order valence-corrected chi connectivity index (χ1v) is 23.4. The number of fused-ring (bicyclic) bond motifs is 1. The van der Waals surface area contributed by atoms with Crippen molar-refractivity contribution in [1.82, 2.24) is 4.90 Å². The minimum Gasteiger partial charge on any atom is -0.392 e. The number of carbonyl (C=O) groups is 1. The Bertz CT molecular complexity index is 969. The highest BCUT2D eigenvalue weighted by Crippen LogP contribution is 2.50. The van der Waals surface area contributed by atoms with E-state index in [9.17, 15) is 9.90 Å². The molecule has 7 heteroatoms. The van der Waals surface area contributed by atoms with E-state index in [0.29, 0.717) is 30.2 Å². The molecule has 1 amide bonds. The van der Waals surface area contributed by atoms with E-state index in [1.165, 1.54) is 5.57 Å². The molecule has 2 aliphatic carbocycles. The molecule has 0 radical (unpaired) electrons. The maximum Gasteiger partial charge on any atom is 0.280 e. The van der Waals surface area contributed by atoms with Gasteiger partial charge in [-0.25, -0.2) is 0 Å². The second-order valence-electron chi connectivity index (χ2n) is 17.2. The Morgan fingerprint density at radius 1 is 0.977 bits per heavy atom. The molecule has 0 bridgehead atoms. The van der Waals surface area contributed by atoms with Gasteiger partial charge in [0, 0.05) is 25.4 Å². The third-order valence-electron chi connectivity index (χ3n) is 10.7. The van der Waals surface area contributed by atoms with E-state index in [4.69, 9.17) is 8.85 Å². The molecule has 1 N–H and O–H groups in total. The van der Waals surface area contributed by atoms with E-state index in [1.54, 1.807) is 0 Å². The lowest BCUT2D eigenvalue weighted by molar-refractivity contribution is -0.211. The summed E-state index contributed by atoms with van der Waals surface area (Å²) in [5, 5.41) is 11.5. The summed E-state index contributed by atoms with van der Waals surface area (Å²) in [4.78, 5) is 16.5. The smallest absolute Gasteiger partial charge is 0.280 e. The third-order valence-corrected chi connectivity index (χ3v) is 12.4. The summed E-state index contributed by atoms with van der Waals surface area (Å²) in [7, 11) is -1.40. The van der Waals surface area contributed by atoms with Crippen LogP contribution in [0, 0.1) is 52.3 Å². The van der Waals surface area contributed by atoms with Crippen molar-refractivity contribution in [1.29, 1.82) is 0 Å². The van der Waals surface area contributed by atoms with Gasteiger partial charge in [0.1, 0.15) is 0 Å². The van der Waals surface area contributed by atoms with Crippen molar-refractivity contribution in [2.24, 2.45) is 52.3 Å². The van der Waals surface area contributed by atoms with E-state index in [2.05, 4.69) is 114 Å². The van der Waals surface area contributed by atoms with Crippen molar-refractivity contribution in [2.45, 2.75) is 139 Å². The van der Waals surface area contributed by atoms with Crippen LogP contribution in [0.15, 0.2) is 23.8 Å². The Hall–Kier alpha value is -0.736. The summed E-state index contributed by atoms with van der Waals surface area (Å²) in [6, 6.07) is 0. The van der Waals surface area contributed by atoms with E-state index < -0.39 is 23.9 Å². The number of unbranched alkanes of at least 4 members (excludes halogenated alkanes) is 1. The fourth-order valence-corrected chi connectivity index (χ4v) is 9.96. The van der Waals surface area contributed by atoms with E-state index >= 15 is 0 Å². The van der Waals surface area contributed by atoms with Gasteiger partial charge in [-0.2, -0.15) is 0 Å². The Kier molecular flexibility index (Phi) is 14.3. The van der Waals surface area contributed by atoms with Crippen LogP contribution in [-0.4, -0.2) is 59.5 Å². The normalized spacial score (nSPS) is 27.7. The number of aliphatic hydroxyl groups is 1. The van der Waals surface area contributed by atoms with E-state index in [-0.39, 0.29) is 40.6 Å². The molecule has 0 spiro atoms. The largest absolute Gasteiger partial charge is 0.392 e. The summed E-state index contributed by atoms with van der Waals surface area (Å²) in [5.74, 6) is 0.684. The number of hydrogen-bond acceptors (Lipinski definition) is 4. The lowest BCUT2D eigenvalue weighted by Crippen LogP contribution is -2.62. The number of nitrogens with zero attached hydrogens (tertiary/aromatic N) is 1. The highest BCUT2D eigenvalue weighted by atomic mass is 28.3. The lowest BCUT2D eigenvalue weighted by atomic mass is 9.61. The van der Waals surface area contributed by atoms with Gasteiger partial charge >= 0.3 is 0 Å². The van der Waals surface area contributed by atoms with Gasteiger partial charge in [0.2, 0.25) is 5.79 Å². The fraction of sp³-hybridized carbons (Fsp3) is 0.865. The first kappa shape index (κ1) is 39.4. The van der Waals surface area contributed by atoms with Gasteiger partial charge in [-0.3, -0.25) is 4.79 Å². The van der Waals surface area contributed by atoms with Gasteiger partial charge in [-0.05, 0) is 97.9 Å². The van der Waals surface area contributed by atoms with Gasteiger partial charge in [-0.1, -0.05) is 93.9 Å². The quantitative estimate of drug-likeness (QED) is 0.152. The van der Waals surface area contributed by atoms with Crippen LogP contribution in [0.25, 0.3) is 0 Å². The van der Waals surface area contributed by atoms with Gasteiger partial charge in [-0.15, -0.1) is 0 Å². The van der Waals surface area contributed by atoms with E-state index in [1.807, 2.05) is 11.9 Å². The summed E-state index contributed by atoms with van der Waals surface area (Å²) in [6.07, 6.45) is 11.7. The third kappa shape index (κ3) is 9.65. The first-order chi connectivity index (χ1) is 20.2. The number of amides is 1. The van der Waals surface area contributed by atoms with Crippen LogP contribution in [-0.2, 0) is 13.6 Å². The minimum absolute atomic E-state index is 0.00943. The number of aliphatic hydroxyl groups excluding tert-OH is 1. The van der Waals surface area contributed by atoms with Crippen LogP contribution in [0.5, 0.6) is 0 Å². The Labute approximate surface area is 276 Å². The molecule has 2 rings (SSSR count). The van der Waals surface area contributed by atoms with Crippen molar-refractivity contribution >= 4 is 24.0 Å². The highest BCUT2D eigenvalue weighted by Gasteiger charge is 2.55. The van der Waals surface area contributed by atoms with Crippen LogP contribution in [0.4, 0.5) is 0 Å². The topological polar surface area (TPSA) is 59.0 Å². The molecule has 0 aromatic carbocycles. The summed E-state index contributed by atoms with van der Waals surface area (Å²) >= 11 is 0. The van der Waals surface area contributed by atoms with Gasteiger partial charge in [0.25, 0.3) is 5.91 Å². The van der Waals surface area contributed by atoms with Crippen molar-refractivity contribution < 1.29 is 18.8 Å². The van der Waals surface area contributed by atoms with Crippen molar-refractivity contribution in [2.75, 3.05) is 13.6 Å². The predicted octanol–water partition coefficient (Wildman–Crippen LogP) is 8.45. The Morgan fingerprint density at radius 3 is 2.02 bits per heavy atom. The number of carbonyl (C=O) groups excluding carboxylic acids is 1. The standard InChI is InChI=1S/C37H71NO4Si2/c1-16-17-22-38(11)34(40)37(41-43(12)13,42-44(14)15)31(36(8,9)10)24-29(35(5,6)7)20-21-30-25(2)18-19-28-23-26(3)27(4)33(39)32(28)30/h18-19,23,25-27,29-33,39,43-44H,16-17,20-22,24H2,1-15H3/t25-,26-,27-,29+,30-,31+,32-,33-/m0/s1. The minimum atomic E-state index is -1.67. The average molecular weight is 650 g/mol. The number of hydrogen-bond donors (Lipinski definition) is 1. The SMILES string of the molecule is CCCCN(C)C(=O)C(O[SiH](C)C)(O[SiH](C)C)[C@H](C[C@@H](CC[C@@H]1[C@@H]2C(=C[C@H](C)[C@H](C)[C@@H]2O)C=C[C@@H]1C)C(C)(C)C)C(C)(C)C. The van der Waals surface area contributed by atoms with Crippen LogP contribution in [0.1, 0.15) is 101 Å². The average Bonchev–Trinajstić information content (AvgIpc) is 2.88. The zero-order valence-electron chi connectivity index (χ0n) is 31.4.